The summed E-state index contributed by atoms with van der Waals surface area (Å²) in [6.07, 6.45) is 0.653. The molecule has 16 heteroatoms. The molecule has 3 rings (SSSR count). The van der Waals surface area contributed by atoms with E-state index in [1.54, 1.807) is 42.9 Å². The molecule has 0 unspecified atom stereocenters. The molecule has 0 radical (unpaired) electrons. The van der Waals surface area contributed by atoms with E-state index in [4.69, 9.17) is 23.9 Å². The number of rotatable bonds is 19. The lowest BCUT2D eigenvalue weighted by Gasteiger charge is -2.41. The summed E-state index contributed by atoms with van der Waals surface area (Å²) in [6.45, 7) is 27.6. The fourth-order valence-corrected chi connectivity index (χ4v) is 8.85. The molecule has 0 aromatic heterocycles. The summed E-state index contributed by atoms with van der Waals surface area (Å²) in [5, 5.41) is 3.00. The van der Waals surface area contributed by atoms with E-state index in [2.05, 4.69) is 24.1 Å². The van der Waals surface area contributed by atoms with Crippen molar-refractivity contribution in [1.29, 1.82) is 0 Å². The molecule has 0 bridgehead atoms. The van der Waals surface area contributed by atoms with Crippen LogP contribution >= 0.6 is 0 Å². The van der Waals surface area contributed by atoms with Gasteiger partial charge in [-0.1, -0.05) is 92.1 Å². The van der Waals surface area contributed by atoms with Crippen LogP contribution in [0.4, 0.5) is 4.79 Å². The predicted octanol–water partition coefficient (Wildman–Crippen LogP) is 6.50. The van der Waals surface area contributed by atoms with Crippen molar-refractivity contribution in [3.05, 3.63) is 35.9 Å². The van der Waals surface area contributed by atoms with Gasteiger partial charge < -0.3 is 48.8 Å². The fraction of sp³-hybridized carbons (Fsp3) is 0.769. The molecule has 2 fully saturated rings. The van der Waals surface area contributed by atoms with Gasteiger partial charge in [0.1, 0.15) is 23.3 Å². The monoisotopic (exact) mass is 956 g/mol. The van der Waals surface area contributed by atoms with Crippen molar-refractivity contribution in [1.82, 2.24) is 29.8 Å². The van der Waals surface area contributed by atoms with Crippen LogP contribution in [0.2, 0.25) is 0 Å². The summed E-state index contributed by atoms with van der Waals surface area (Å²) in [7, 11) is 8.71. The van der Waals surface area contributed by atoms with Crippen molar-refractivity contribution < 1.29 is 42.9 Å². The van der Waals surface area contributed by atoms with Crippen LogP contribution in [-0.2, 0) is 44.5 Å². The second kappa shape index (κ2) is 24.9. The molecule has 8 atom stereocenters. The number of benzene rings is 1. The number of hydrogen-bond donors (Lipinski definition) is 1. The zero-order valence-electron chi connectivity index (χ0n) is 45.0. The number of likely N-dealkylation sites (tertiary alicyclic amines) is 1. The Morgan fingerprint density at radius 1 is 0.824 bits per heavy atom. The number of hydrogen-bond acceptors (Lipinski definition) is 10. The van der Waals surface area contributed by atoms with Crippen molar-refractivity contribution >= 4 is 35.7 Å². The van der Waals surface area contributed by atoms with E-state index in [1.807, 2.05) is 119 Å². The molecule has 0 aliphatic carbocycles. The van der Waals surface area contributed by atoms with E-state index < -0.39 is 59.5 Å². The average molecular weight is 956 g/mol. The first-order chi connectivity index (χ1) is 31.6. The van der Waals surface area contributed by atoms with E-state index in [1.165, 1.54) is 0 Å². The standard InChI is InChI=1S/C52H89N7O9/c1-19-35(4)43(56(16)46(62)42(34(2)3)54-48(55(14)15)57-28-30-58(31-29-57)49(64)68-51(9,10)11)40(65-17)33-41(60)59-27-23-26-39(59)44(66-18)36(5)45(61)53-38(32-37-24-21-20-22-25-37)47(63)67-52(12,13)50(6,7)8/h20-22,24-25,34-36,38-40,42-44H,19,23,26-33H2,1-18H3,(H,53,61)/t35-,36+,38-,39-,40+,42-,43-,44+/m0/s1. The summed E-state index contributed by atoms with van der Waals surface area (Å²) in [4.78, 5) is 84.5. The SMILES string of the molecule is CC[C@H](C)[C@@H]([C@@H](CC(=O)N1CCC[C@H]1[C@H](OC)[C@@H](C)C(=O)N[C@@H](Cc1ccccc1)C(=O)OC(C)(C)C(C)(C)C)OC)N(C)C(=O)[C@@H](N=C(N(C)C)N1CCN(C(=O)OC(C)(C)C)CC1)C(C)C. The number of aliphatic imine (C=N–C) groups is 1. The van der Waals surface area contributed by atoms with Gasteiger partial charge in [-0.2, -0.15) is 0 Å². The maximum absolute atomic E-state index is 14.8. The van der Waals surface area contributed by atoms with E-state index in [-0.39, 0.29) is 53.9 Å². The van der Waals surface area contributed by atoms with Crippen LogP contribution in [0, 0.1) is 23.2 Å². The Morgan fingerprint density at radius 2 is 1.41 bits per heavy atom. The first kappa shape index (κ1) is 57.9. The number of amides is 4. The van der Waals surface area contributed by atoms with Crippen LogP contribution in [0.3, 0.4) is 0 Å². The van der Waals surface area contributed by atoms with Crippen LogP contribution < -0.4 is 5.32 Å². The fourth-order valence-electron chi connectivity index (χ4n) is 8.85. The highest BCUT2D eigenvalue weighted by atomic mass is 16.6. The van der Waals surface area contributed by atoms with E-state index in [9.17, 15) is 24.0 Å². The Morgan fingerprint density at radius 3 is 1.91 bits per heavy atom. The molecule has 0 saturated carbocycles. The number of methoxy groups -OCH3 is 2. The number of esters is 1. The molecule has 1 N–H and O–H groups in total. The molecule has 2 saturated heterocycles. The third-order valence-electron chi connectivity index (χ3n) is 14.1. The third-order valence-corrected chi connectivity index (χ3v) is 14.1. The predicted molar refractivity (Wildman–Crippen MR) is 267 cm³/mol. The van der Waals surface area contributed by atoms with Gasteiger partial charge in [0.15, 0.2) is 5.96 Å². The summed E-state index contributed by atoms with van der Waals surface area (Å²) < 4.78 is 23.9. The number of likely N-dealkylation sites (N-methyl/N-ethyl adjacent to an activating group) is 1. The summed E-state index contributed by atoms with van der Waals surface area (Å²) in [5.41, 5.74) is -0.887. The molecule has 0 spiro atoms. The molecular weight excluding hydrogens is 867 g/mol. The summed E-state index contributed by atoms with van der Waals surface area (Å²) in [6, 6.07) is 6.94. The number of guanidine groups is 1. The largest absolute Gasteiger partial charge is 0.458 e. The number of ether oxygens (including phenoxy) is 4. The molecule has 386 valence electrons. The van der Waals surface area contributed by atoms with Crippen molar-refractivity contribution in [3.8, 4) is 0 Å². The van der Waals surface area contributed by atoms with Gasteiger partial charge in [-0.15, -0.1) is 0 Å². The molecule has 1 aromatic carbocycles. The molecule has 2 aliphatic heterocycles. The third kappa shape index (κ3) is 15.5. The van der Waals surface area contributed by atoms with Crippen LogP contribution in [0.25, 0.3) is 0 Å². The number of nitrogens with zero attached hydrogens (tertiary/aromatic N) is 6. The van der Waals surface area contributed by atoms with Crippen molar-refractivity contribution in [3.63, 3.8) is 0 Å². The lowest BCUT2D eigenvalue weighted by Crippen LogP contribution is -2.56. The first-order valence-electron chi connectivity index (χ1n) is 24.8. The van der Waals surface area contributed by atoms with Crippen LogP contribution in [0.15, 0.2) is 35.3 Å². The van der Waals surface area contributed by atoms with Crippen LogP contribution in [0.1, 0.15) is 121 Å². The molecule has 2 heterocycles. The quantitative estimate of drug-likeness (QED) is 0.0916. The van der Waals surface area contributed by atoms with Gasteiger partial charge in [-0.05, 0) is 64.9 Å². The topological polar surface area (TPSA) is 163 Å². The highest BCUT2D eigenvalue weighted by molar-refractivity contribution is 5.88. The van der Waals surface area contributed by atoms with E-state index in [0.717, 1.165) is 18.4 Å². The first-order valence-corrected chi connectivity index (χ1v) is 24.8. The normalized spacial score (nSPS) is 19.4. The Labute approximate surface area is 409 Å². The van der Waals surface area contributed by atoms with Gasteiger partial charge in [0.2, 0.25) is 17.7 Å². The number of nitrogens with one attached hydrogen (secondary N) is 1. The summed E-state index contributed by atoms with van der Waals surface area (Å²) >= 11 is 0. The minimum atomic E-state index is -0.954. The van der Waals surface area contributed by atoms with Gasteiger partial charge >= 0.3 is 12.1 Å². The Kier molecular flexibility index (Phi) is 21.2. The molecule has 2 aliphatic rings. The average Bonchev–Trinajstić information content (AvgIpc) is 3.74. The molecular formula is C52H89N7O9. The molecule has 1 aromatic rings. The minimum absolute atomic E-state index is 0.00563. The smallest absolute Gasteiger partial charge is 0.410 e. The zero-order chi connectivity index (χ0) is 51.5. The lowest BCUT2D eigenvalue weighted by molar-refractivity contribution is -0.171. The van der Waals surface area contributed by atoms with Gasteiger partial charge in [0, 0.05) is 79.9 Å². The number of piperazine rings is 1. The maximum Gasteiger partial charge on any atom is 0.410 e. The second-order valence-corrected chi connectivity index (χ2v) is 22.0. The highest BCUT2D eigenvalue weighted by Gasteiger charge is 2.44. The maximum atomic E-state index is 14.8. The van der Waals surface area contributed by atoms with Gasteiger partial charge in [-0.3, -0.25) is 14.4 Å². The summed E-state index contributed by atoms with van der Waals surface area (Å²) in [5.74, 6) is -1.51. The lowest BCUT2D eigenvalue weighted by atomic mass is 9.79. The molecule has 68 heavy (non-hydrogen) atoms. The zero-order valence-corrected chi connectivity index (χ0v) is 45.0. The molecule has 16 nitrogen and oxygen atoms in total. The van der Waals surface area contributed by atoms with Gasteiger partial charge in [0.25, 0.3) is 0 Å². The number of carbonyl (C=O) groups is 5. The Balaban J connectivity index is 1.83. The van der Waals surface area contributed by atoms with Crippen molar-refractivity contribution in [2.75, 3.05) is 68.1 Å². The Hall–Kier alpha value is -4.44. The van der Waals surface area contributed by atoms with Crippen LogP contribution in [-0.4, -0.2) is 176 Å². The van der Waals surface area contributed by atoms with Crippen LogP contribution in [0.5, 0.6) is 0 Å². The van der Waals surface area contributed by atoms with Gasteiger partial charge in [-0.25, -0.2) is 14.6 Å². The number of carbonyl (C=O) groups excluding carboxylic acids is 5. The minimum Gasteiger partial charge on any atom is -0.458 e. The Bertz CT molecular complexity index is 1840. The van der Waals surface area contributed by atoms with Crippen molar-refractivity contribution in [2.45, 2.75) is 170 Å². The second-order valence-electron chi connectivity index (χ2n) is 22.0. The molecule has 4 amide bonds. The van der Waals surface area contributed by atoms with E-state index >= 15 is 0 Å². The van der Waals surface area contributed by atoms with Crippen molar-refractivity contribution in [2.24, 2.45) is 28.2 Å². The van der Waals surface area contributed by atoms with E-state index in [0.29, 0.717) is 45.1 Å². The highest BCUT2D eigenvalue weighted by Crippen LogP contribution is 2.34. The van der Waals surface area contributed by atoms with Gasteiger partial charge in [0.05, 0.1) is 36.6 Å².